The second-order valence-corrected chi connectivity index (χ2v) is 6.33. The first-order valence-electron chi connectivity index (χ1n) is 7.42. The maximum Gasteiger partial charge on any atom is 0.318 e. The standard InChI is InChI=1S/C16H19N5O3S/c1-4-9-21-13(11-7-5-6-8-12(11)24-3)19-20-16(21)25-10(2)14(22)18-15(17)23/h4-8,10H,1,9H2,2-3H3,(H3,17,18,22,23)/t10-/m1/s1. The number of carbonyl (C=O) groups excluding carboxylic acids is 2. The maximum absolute atomic E-state index is 11.9. The van der Waals surface area contributed by atoms with Crippen molar-refractivity contribution >= 4 is 23.7 Å². The molecular weight excluding hydrogens is 342 g/mol. The second-order valence-electron chi connectivity index (χ2n) is 5.02. The number of imide groups is 1. The number of allylic oxidation sites excluding steroid dienone is 1. The Bertz CT molecular complexity index is 790. The molecule has 8 nitrogen and oxygen atoms in total. The first kappa shape index (κ1) is 18.5. The van der Waals surface area contributed by atoms with Gasteiger partial charge in [-0.25, -0.2) is 4.79 Å². The number of ether oxygens (including phenoxy) is 1. The molecule has 0 bridgehead atoms. The van der Waals surface area contributed by atoms with Crippen molar-refractivity contribution in [2.24, 2.45) is 5.73 Å². The number of primary amides is 1. The van der Waals surface area contributed by atoms with E-state index in [0.717, 1.165) is 5.56 Å². The van der Waals surface area contributed by atoms with Crippen LogP contribution in [0, 0.1) is 0 Å². The summed E-state index contributed by atoms with van der Waals surface area (Å²) < 4.78 is 7.20. The summed E-state index contributed by atoms with van der Waals surface area (Å²) in [4.78, 5) is 22.7. The fourth-order valence-electron chi connectivity index (χ4n) is 2.13. The number of para-hydroxylation sites is 1. The van der Waals surface area contributed by atoms with Gasteiger partial charge in [-0.15, -0.1) is 16.8 Å². The Hall–Kier alpha value is -2.81. The van der Waals surface area contributed by atoms with Crippen LogP contribution < -0.4 is 15.8 Å². The predicted octanol–water partition coefficient (Wildman–Crippen LogP) is 1.82. The maximum atomic E-state index is 11.9. The average molecular weight is 361 g/mol. The molecule has 0 saturated heterocycles. The quantitative estimate of drug-likeness (QED) is 0.574. The summed E-state index contributed by atoms with van der Waals surface area (Å²) in [6.45, 7) is 5.85. The van der Waals surface area contributed by atoms with E-state index in [0.29, 0.717) is 23.3 Å². The summed E-state index contributed by atoms with van der Waals surface area (Å²) in [7, 11) is 1.58. The molecule has 0 fully saturated rings. The van der Waals surface area contributed by atoms with Gasteiger partial charge in [0.15, 0.2) is 11.0 Å². The number of amides is 3. The Morgan fingerprint density at radius 1 is 1.44 bits per heavy atom. The normalized spacial score (nSPS) is 11.6. The molecule has 3 N–H and O–H groups in total. The molecule has 0 radical (unpaired) electrons. The molecule has 0 spiro atoms. The highest BCUT2D eigenvalue weighted by atomic mass is 32.2. The molecule has 0 unspecified atom stereocenters. The number of methoxy groups -OCH3 is 1. The van der Waals surface area contributed by atoms with Crippen LogP contribution in [-0.4, -0.2) is 39.1 Å². The van der Waals surface area contributed by atoms with Gasteiger partial charge in [-0.1, -0.05) is 30.0 Å². The number of carbonyl (C=O) groups is 2. The molecule has 0 aliphatic rings. The largest absolute Gasteiger partial charge is 0.496 e. The Kier molecular flexibility index (Phi) is 6.18. The highest BCUT2D eigenvalue weighted by molar-refractivity contribution is 8.00. The number of nitrogens with two attached hydrogens (primary N) is 1. The molecule has 2 rings (SSSR count). The Labute approximate surface area is 149 Å². The number of nitrogens with one attached hydrogen (secondary N) is 1. The summed E-state index contributed by atoms with van der Waals surface area (Å²) in [5.41, 5.74) is 5.75. The van der Waals surface area contributed by atoms with Crippen molar-refractivity contribution in [2.75, 3.05) is 7.11 Å². The fourth-order valence-corrected chi connectivity index (χ4v) is 2.99. The summed E-state index contributed by atoms with van der Waals surface area (Å²) in [5, 5.41) is 10.4. The summed E-state index contributed by atoms with van der Waals surface area (Å²) >= 11 is 1.17. The van der Waals surface area contributed by atoms with Gasteiger partial charge in [-0.3, -0.25) is 14.7 Å². The zero-order valence-corrected chi connectivity index (χ0v) is 14.7. The van der Waals surface area contributed by atoms with Crippen molar-refractivity contribution in [3.05, 3.63) is 36.9 Å². The first-order chi connectivity index (χ1) is 12.0. The molecule has 1 atom stereocenters. The SMILES string of the molecule is C=CCn1c(S[C@H](C)C(=O)NC(N)=O)nnc1-c1ccccc1OC. The van der Waals surface area contributed by atoms with E-state index >= 15 is 0 Å². The zero-order chi connectivity index (χ0) is 18.4. The molecule has 25 heavy (non-hydrogen) atoms. The van der Waals surface area contributed by atoms with Crippen LogP contribution in [0.3, 0.4) is 0 Å². The van der Waals surface area contributed by atoms with Crippen LogP contribution >= 0.6 is 11.8 Å². The number of aromatic nitrogens is 3. The van der Waals surface area contributed by atoms with E-state index < -0.39 is 17.2 Å². The predicted molar refractivity (Wildman–Crippen MR) is 95.3 cm³/mol. The average Bonchev–Trinajstić information content (AvgIpc) is 2.97. The van der Waals surface area contributed by atoms with Crippen molar-refractivity contribution in [2.45, 2.75) is 23.9 Å². The monoisotopic (exact) mass is 361 g/mol. The van der Waals surface area contributed by atoms with Gasteiger partial charge in [0.2, 0.25) is 5.91 Å². The topological polar surface area (TPSA) is 112 Å². The van der Waals surface area contributed by atoms with Crippen LogP contribution in [0.2, 0.25) is 0 Å². The van der Waals surface area contributed by atoms with Crippen LogP contribution in [0.15, 0.2) is 42.1 Å². The molecule has 9 heteroatoms. The van der Waals surface area contributed by atoms with Gasteiger partial charge < -0.3 is 10.5 Å². The minimum atomic E-state index is -0.889. The Morgan fingerprint density at radius 2 is 2.16 bits per heavy atom. The molecule has 132 valence electrons. The van der Waals surface area contributed by atoms with Crippen LogP contribution in [-0.2, 0) is 11.3 Å². The number of benzene rings is 1. The number of urea groups is 1. The lowest BCUT2D eigenvalue weighted by atomic mass is 10.2. The third-order valence-electron chi connectivity index (χ3n) is 3.27. The molecule has 1 heterocycles. The molecule has 0 aliphatic heterocycles. The summed E-state index contributed by atoms with van der Waals surface area (Å²) in [5.74, 6) is 0.767. The van der Waals surface area contributed by atoms with Crippen molar-refractivity contribution in [3.63, 3.8) is 0 Å². The lowest BCUT2D eigenvalue weighted by Gasteiger charge is -2.12. The minimum Gasteiger partial charge on any atom is -0.496 e. The van der Waals surface area contributed by atoms with Crippen molar-refractivity contribution < 1.29 is 14.3 Å². The number of hydrogen-bond acceptors (Lipinski definition) is 6. The van der Waals surface area contributed by atoms with Crippen molar-refractivity contribution in [1.29, 1.82) is 0 Å². The van der Waals surface area contributed by atoms with Gasteiger partial charge in [0.05, 0.1) is 17.9 Å². The number of thioether (sulfide) groups is 1. The Balaban J connectivity index is 2.35. The molecule has 2 aromatic rings. The molecule has 0 aliphatic carbocycles. The molecule has 1 aromatic carbocycles. The van der Waals surface area contributed by atoms with E-state index in [-0.39, 0.29) is 0 Å². The van der Waals surface area contributed by atoms with E-state index in [2.05, 4.69) is 22.1 Å². The van der Waals surface area contributed by atoms with E-state index in [1.165, 1.54) is 11.8 Å². The number of rotatable bonds is 7. The zero-order valence-electron chi connectivity index (χ0n) is 13.9. The van der Waals surface area contributed by atoms with Crippen LogP contribution in [0.5, 0.6) is 5.75 Å². The lowest BCUT2D eigenvalue weighted by molar-refractivity contribution is -0.119. The highest BCUT2D eigenvalue weighted by Gasteiger charge is 2.22. The second kappa shape index (κ2) is 8.34. The summed E-state index contributed by atoms with van der Waals surface area (Å²) in [6, 6.07) is 6.56. The van der Waals surface area contributed by atoms with E-state index in [1.807, 2.05) is 28.8 Å². The highest BCUT2D eigenvalue weighted by Crippen LogP contribution is 2.32. The first-order valence-corrected chi connectivity index (χ1v) is 8.30. The van der Waals surface area contributed by atoms with Gasteiger partial charge in [0.1, 0.15) is 5.75 Å². The van der Waals surface area contributed by atoms with E-state index in [9.17, 15) is 9.59 Å². The smallest absolute Gasteiger partial charge is 0.318 e. The molecule has 0 saturated carbocycles. The molecule has 1 aromatic heterocycles. The third kappa shape index (κ3) is 4.38. The third-order valence-corrected chi connectivity index (χ3v) is 4.35. The van der Waals surface area contributed by atoms with E-state index in [1.54, 1.807) is 20.1 Å². The van der Waals surface area contributed by atoms with Crippen molar-refractivity contribution in [1.82, 2.24) is 20.1 Å². The van der Waals surface area contributed by atoms with Gasteiger partial charge in [-0.05, 0) is 19.1 Å². The number of hydrogen-bond donors (Lipinski definition) is 2. The van der Waals surface area contributed by atoms with E-state index in [4.69, 9.17) is 10.5 Å². The van der Waals surface area contributed by atoms with Crippen LogP contribution in [0.1, 0.15) is 6.92 Å². The van der Waals surface area contributed by atoms with Crippen molar-refractivity contribution in [3.8, 4) is 17.1 Å². The summed E-state index contributed by atoms with van der Waals surface area (Å²) in [6.07, 6.45) is 1.71. The lowest BCUT2D eigenvalue weighted by Crippen LogP contribution is -2.39. The van der Waals surface area contributed by atoms with Gasteiger partial charge >= 0.3 is 6.03 Å². The van der Waals surface area contributed by atoms with Gasteiger partial charge in [0, 0.05) is 6.54 Å². The van der Waals surface area contributed by atoms with Crippen LogP contribution in [0.25, 0.3) is 11.4 Å². The molecule has 3 amide bonds. The Morgan fingerprint density at radius 3 is 2.80 bits per heavy atom. The van der Waals surface area contributed by atoms with Gasteiger partial charge in [0.25, 0.3) is 0 Å². The molecular formula is C16H19N5O3S. The van der Waals surface area contributed by atoms with Crippen LogP contribution in [0.4, 0.5) is 4.79 Å². The fraction of sp³-hybridized carbons (Fsp3) is 0.250. The van der Waals surface area contributed by atoms with Gasteiger partial charge in [-0.2, -0.15) is 0 Å². The minimum absolute atomic E-state index is 0.451. The number of nitrogens with zero attached hydrogens (tertiary/aromatic N) is 3.